The van der Waals surface area contributed by atoms with E-state index in [9.17, 15) is 4.39 Å². The van der Waals surface area contributed by atoms with Crippen molar-refractivity contribution in [2.45, 2.75) is 39.2 Å². The van der Waals surface area contributed by atoms with Gasteiger partial charge in [-0.2, -0.15) is 0 Å². The maximum atomic E-state index is 12.1. The minimum absolute atomic E-state index is 0.178. The molecule has 1 rings (SSSR count). The second kappa shape index (κ2) is 7.18. The van der Waals surface area contributed by atoms with E-state index in [1.165, 1.54) is 12.8 Å². The van der Waals surface area contributed by atoms with E-state index < -0.39 is 0 Å². The van der Waals surface area contributed by atoms with E-state index in [2.05, 4.69) is 24.1 Å². The zero-order valence-electron chi connectivity index (χ0n) is 10.1. The molecule has 2 nitrogen and oxygen atoms in total. The predicted molar refractivity (Wildman–Crippen MR) is 62.9 cm³/mol. The molecule has 0 aromatic carbocycles. The van der Waals surface area contributed by atoms with Crippen molar-refractivity contribution < 1.29 is 4.39 Å². The van der Waals surface area contributed by atoms with Crippen LogP contribution >= 0.6 is 0 Å². The van der Waals surface area contributed by atoms with Crippen molar-refractivity contribution in [2.75, 3.05) is 32.9 Å². The van der Waals surface area contributed by atoms with Crippen LogP contribution in [0.15, 0.2) is 0 Å². The fourth-order valence-electron chi connectivity index (χ4n) is 2.22. The van der Waals surface area contributed by atoms with E-state index in [1.54, 1.807) is 0 Å². The third-order valence-corrected chi connectivity index (χ3v) is 3.01. The Bertz CT molecular complexity index is 162. The van der Waals surface area contributed by atoms with Gasteiger partial charge >= 0.3 is 0 Å². The van der Waals surface area contributed by atoms with Crippen molar-refractivity contribution in [3.8, 4) is 0 Å². The molecule has 0 amide bonds. The molecule has 3 heteroatoms. The Hall–Kier alpha value is -0.150. The fourth-order valence-corrected chi connectivity index (χ4v) is 2.22. The van der Waals surface area contributed by atoms with Gasteiger partial charge in [-0.3, -0.25) is 9.29 Å². The van der Waals surface area contributed by atoms with E-state index >= 15 is 0 Å². The van der Waals surface area contributed by atoms with Crippen molar-refractivity contribution in [3.63, 3.8) is 0 Å². The monoisotopic (exact) mass is 216 g/mol. The van der Waals surface area contributed by atoms with E-state index in [0.717, 1.165) is 26.2 Å². The predicted octanol–water partition coefficient (Wildman–Crippen LogP) is 2.06. The summed E-state index contributed by atoms with van der Waals surface area (Å²) in [5.41, 5.74) is 0. The van der Waals surface area contributed by atoms with Gasteiger partial charge < -0.3 is 5.32 Å². The Balaban J connectivity index is 2.15. The molecule has 1 heterocycles. The first-order valence-electron chi connectivity index (χ1n) is 6.24. The molecule has 0 saturated carbocycles. The summed E-state index contributed by atoms with van der Waals surface area (Å²) in [4.78, 5) is 2.44. The number of nitrogens with zero attached hydrogens (tertiary/aromatic N) is 1. The van der Waals surface area contributed by atoms with Gasteiger partial charge in [0.15, 0.2) is 0 Å². The quantitative estimate of drug-likeness (QED) is 0.701. The summed E-state index contributed by atoms with van der Waals surface area (Å²) in [5.74, 6) is 0.714. The summed E-state index contributed by atoms with van der Waals surface area (Å²) in [5, 5.41) is 3.50. The minimum Gasteiger partial charge on any atom is -0.315 e. The van der Waals surface area contributed by atoms with Gasteiger partial charge in [-0.25, -0.2) is 0 Å². The Morgan fingerprint density at radius 3 is 2.93 bits per heavy atom. The highest BCUT2D eigenvalue weighted by molar-refractivity contribution is 4.80. The maximum Gasteiger partial charge on any atom is 0.0906 e. The Labute approximate surface area is 93.2 Å². The van der Waals surface area contributed by atoms with Crippen molar-refractivity contribution in [2.24, 2.45) is 5.92 Å². The summed E-state index contributed by atoms with van der Waals surface area (Å²) < 4.78 is 12.1. The maximum absolute atomic E-state index is 12.1. The number of hydrogen-bond donors (Lipinski definition) is 1. The molecule has 1 saturated heterocycles. The lowest BCUT2D eigenvalue weighted by Crippen LogP contribution is -2.39. The molecule has 1 aliphatic rings. The summed E-state index contributed by atoms with van der Waals surface area (Å²) in [7, 11) is 0. The van der Waals surface area contributed by atoms with E-state index in [4.69, 9.17) is 0 Å². The van der Waals surface area contributed by atoms with Crippen molar-refractivity contribution in [1.29, 1.82) is 0 Å². The zero-order chi connectivity index (χ0) is 11.1. The van der Waals surface area contributed by atoms with Gasteiger partial charge in [-0.05, 0) is 38.3 Å². The number of alkyl halides is 1. The smallest absolute Gasteiger partial charge is 0.0906 e. The summed E-state index contributed by atoms with van der Waals surface area (Å²) in [6.45, 7) is 8.53. The van der Waals surface area contributed by atoms with Gasteiger partial charge in [-0.1, -0.05) is 13.8 Å². The second-order valence-electron chi connectivity index (χ2n) is 4.93. The lowest BCUT2D eigenvalue weighted by atomic mass is 10.2. The van der Waals surface area contributed by atoms with Crippen LogP contribution in [-0.2, 0) is 0 Å². The lowest BCUT2D eigenvalue weighted by Gasteiger charge is -2.24. The van der Waals surface area contributed by atoms with Crippen molar-refractivity contribution in [1.82, 2.24) is 10.2 Å². The topological polar surface area (TPSA) is 15.3 Å². The van der Waals surface area contributed by atoms with Crippen LogP contribution in [0.3, 0.4) is 0 Å². The minimum atomic E-state index is -0.178. The third-order valence-electron chi connectivity index (χ3n) is 3.01. The summed E-state index contributed by atoms with van der Waals surface area (Å²) in [6.07, 6.45) is 3.25. The average Bonchev–Trinajstić information content (AvgIpc) is 2.62. The molecule has 0 aromatic rings. The molecule has 0 radical (unpaired) electrons. The highest BCUT2D eigenvalue weighted by atomic mass is 19.1. The van der Waals surface area contributed by atoms with Gasteiger partial charge in [0, 0.05) is 19.1 Å². The first-order valence-corrected chi connectivity index (χ1v) is 6.24. The second-order valence-corrected chi connectivity index (χ2v) is 4.93. The molecular formula is C12H25FN2. The molecule has 1 aliphatic heterocycles. The molecule has 90 valence electrons. The molecular weight excluding hydrogens is 191 g/mol. The van der Waals surface area contributed by atoms with E-state index in [0.29, 0.717) is 18.4 Å². The lowest BCUT2D eigenvalue weighted by molar-refractivity contribution is 0.234. The van der Waals surface area contributed by atoms with Crippen LogP contribution in [0.1, 0.15) is 33.1 Å². The van der Waals surface area contributed by atoms with Gasteiger partial charge in [0.2, 0.25) is 0 Å². The highest BCUT2D eigenvalue weighted by Crippen LogP contribution is 2.16. The number of halogens is 1. The van der Waals surface area contributed by atoms with Gasteiger partial charge in [0.05, 0.1) is 6.67 Å². The van der Waals surface area contributed by atoms with Crippen LogP contribution in [0.4, 0.5) is 4.39 Å². The molecule has 15 heavy (non-hydrogen) atoms. The van der Waals surface area contributed by atoms with E-state index in [-0.39, 0.29) is 6.67 Å². The molecule has 0 aliphatic carbocycles. The molecule has 1 N–H and O–H groups in total. The number of nitrogens with one attached hydrogen (secondary N) is 1. The molecule has 1 unspecified atom stereocenters. The van der Waals surface area contributed by atoms with Gasteiger partial charge in [0.1, 0.15) is 0 Å². The Kier molecular flexibility index (Phi) is 6.18. The Morgan fingerprint density at radius 1 is 1.47 bits per heavy atom. The van der Waals surface area contributed by atoms with Crippen LogP contribution in [0, 0.1) is 5.92 Å². The summed E-state index contributed by atoms with van der Waals surface area (Å²) >= 11 is 0. The van der Waals surface area contributed by atoms with Crippen LogP contribution < -0.4 is 5.32 Å². The first kappa shape index (κ1) is 12.9. The van der Waals surface area contributed by atoms with Crippen LogP contribution in [-0.4, -0.2) is 43.8 Å². The fraction of sp³-hybridized carbons (Fsp3) is 1.00. The molecule has 0 aromatic heterocycles. The largest absolute Gasteiger partial charge is 0.315 e. The SMILES string of the molecule is CC(C)CNCC1CCCN1CCCF. The summed E-state index contributed by atoms with van der Waals surface area (Å²) in [6, 6.07) is 0.648. The van der Waals surface area contributed by atoms with Crippen LogP contribution in [0.5, 0.6) is 0 Å². The van der Waals surface area contributed by atoms with Crippen LogP contribution in [0.2, 0.25) is 0 Å². The van der Waals surface area contributed by atoms with Gasteiger partial charge in [-0.15, -0.1) is 0 Å². The average molecular weight is 216 g/mol. The molecule has 0 bridgehead atoms. The standard InChI is InChI=1S/C12H25FN2/c1-11(2)9-14-10-12-5-3-7-15(12)8-4-6-13/h11-12,14H,3-10H2,1-2H3. The number of rotatable bonds is 7. The van der Waals surface area contributed by atoms with Crippen molar-refractivity contribution >= 4 is 0 Å². The zero-order valence-corrected chi connectivity index (χ0v) is 10.1. The third kappa shape index (κ3) is 4.94. The number of hydrogen-bond acceptors (Lipinski definition) is 2. The highest BCUT2D eigenvalue weighted by Gasteiger charge is 2.23. The first-order chi connectivity index (χ1) is 7.24. The normalized spacial score (nSPS) is 22.8. The number of likely N-dealkylation sites (tertiary alicyclic amines) is 1. The van der Waals surface area contributed by atoms with Gasteiger partial charge in [0.25, 0.3) is 0 Å². The van der Waals surface area contributed by atoms with E-state index in [1.807, 2.05) is 0 Å². The Morgan fingerprint density at radius 2 is 2.27 bits per heavy atom. The van der Waals surface area contributed by atoms with Crippen LogP contribution in [0.25, 0.3) is 0 Å². The van der Waals surface area contributed by atoms with Crippen molar-refractivity contribution in [3.05, 3.63) is 0 Å². The molecule has 1 atom stereocenters. The molecule has 1 fully saturated rings. The molecule has 0 spiro atoms.